The van der Waals surface area contributed by atoms with Crippen molar-refractivity contribution in [3.05, 3.63) is 22.8 Å². The van der Waals surface area contributed by atoms with Crippen LogP contribution in [-0.2, 0) is 6.18 Å². The topological polar surface area (TPSA) is 24.9 Å². The summed E-state index contributed by atoms with van der Waals surface area (Å²) >= 11 is 5.59. The smallest absolute Gasteiger partial charge is 0.367 e. The first-order valence-electron chi connectivity index (χ1n) is 5.46. The van der Waals surface area contributed by atoms with Crippen LogP contribution in [0.25, 0.3) is 0 Å². The second-order valence-corrected chi connectivity index (χ2v) is 4.57. The van der Waals surface area contributed by atoms with Gasteiger partial charge < -0.3 is 5.32 Å². The minimum atomic E-state index is -4.39. The second-order valence-electron chi connectivity index (χ2n) is 4.19. The van der Waals surface area contributed by atoms with E-state index in [2.05, 4.69) is 10.3 Å². The van der Waals surface area contributed by atoms with Crippen molar-refractivity contribution in [1.29, 1.82) is 0 Å². The number of anilines is 1. The fourth-order valence-electron chi connectivity index (χ4n) is 2.01. The first-order valence-corrected chi connectivity index (χ1v) is 5.84. The number of nitrogens with one attached hydrogen (secondary N) is 1. The molecular formula is C11H12ClF3N2. The Morgan fingerprint density at radius 2 is 1.88 bits per heavy atom. The van der Waals surface area contributed by atoms with Gasteiger partial charge in [-0.05, 0) is 25.0 Å². The zero-order valence-electron chi connectivity index (χ0n) is 9.02. The van der Waals surface area contributed by atoms with Crippen molar-refractivity contribution in [3.8, 4) is 0 Å². The summed E-state index contributed by atoms with van der Waals surface area (Å²) in [5.41, 5.74) is -0.766. The molecule has 1 aromatic heterocycles. The Morgan fingerprint density at radius 1 is 1.24 bits per heavy atom. The molecule has 1 aromatic rings. The number of hydrogen-bond acceptors (Lipinski definition) is 2. The van der Waals surface area contributed by atoms with Gasteiger partial charge in [0, 0.05) is 6.04 Å². The van der Waals surface area contributed by atoms with Crippen molar-refractivity contribution in [3.63, 3.8) is 0 Å². The van der Waals surface area contributed by atoms with Crippen molar-refractivity contribution in [1.82, 2.24) is 4.98 Å². The van der Waals surface area contributed by atoms with E-state index in [4.69, 9.17) is 11.6 Å². The SMILES string of the molecule is FC(F)(F)c1cc(Cl)nc(NC2CCCC2)c1. The third-order valence-corrected chi connectivity index (χ3v) is 3.02. The largest absolute Gasteiger partial charge is 0.416 e. The molecule has 6 heteroatoms. The van der Waals surface area contributed by atoms with Gasteiger partial charge in [-0.3, -0.25) is 0 Å². The fraction of sp³-hybridized carbons (Fsp3) is 0.545. The lowest BCUT2D eigenvalue weighted by Gasteiger charge is -2.14. The van der Waals surface area contributed by atoms with Crippen LogP contribution in [0.3, 0.4) is 0 Å². The monoisotopic (exact) mass is 264 g/mol. The van der Waals surface area contributed by atoms with Gasteiger partial charge in [-0.2, -0.15) is 13.2 Å². The van der Waals surface area contributed by atoms with E-state index in [9.17, 15) is 13.2 Å². The van der Waals surface area contributed by atoms with Crippen LogP contribution in [0.2, 0.25) is 5.15 Å². The van der Waals surface area contributed by atoms with Crippen molar-refractivity contribution in [2.45, 2.75) is 37.9 Å². The Kier molecular flexibility index (Phi) is 3.47. The normalized spacial score (nSPS) is 17.4. The summed E-state index contributed by atoms with van der Waals surface area (Å²) in [7, 11) is 0. The number of aromatic nitrogens is 1. The molecule has 0 amide bonds. The molecule has 0 aliphatic heterocycles. The Balaban J connectivity index is 2.19. The van der Waals surface area contributed by atoms with Crippen molar-refractivity contribution in [2.24, 2.45) is 0 Å². The highest BCUT2D eigenvalue weighted by Crippen LogP contribution is 2.32. The van der Waals surface area contributed by atoms with Crippen LogP contribution >= 0.6 is 11.6 Å². The lowest BCUT2D eigenvalue weighted by atomic mass is 10.2. The van der Waals surface area contributed by atoms with Crippen LogP contribution in [0.15, 0.2) is 12.1 Å². The van der Waals surface area contributed by atoms with Gasteiger partial charge in [-0.1, -0.05) is 24.4 Å². The average molecular weight is 265 g/mol. The van der Waals surface area contributed by atoms with Crippen LogP contribution in [0.4, 0.5) is 19.0 Å². The van der Waals surface area contributed by atoms with E-state index in [1.54, 1.807) is 0 Å². The lowest BCUT2D eigenvalue weighted by molar-refractivity contribution is -0.137. The zero-order valence-corrected chi connectivity index (χ0v) is 9.78. The summed E-state index contributed by atoms with van der Waals surface area (Å²) in [4.78, 5) is 3.87. The molecule has 17 heavy (non-hydrogen) atoms. The maximum Gasteiger partial charge on any atom is 0.416 e. The molecule has 0 radical (unpaired) electrons. The van der Waals surface area contributed by atoms with Gasteiger partial charge in [0.1, 0.15) is 11.0 Å². The highest BCUT2D eigenvalue weighted by Gasteiger charge is 2.31. The summed E-state index contributed by atoms with van der Waals surface area (Å²) in [6.45, 7) is 0. The van der Waals surface area contributed by atoms with Gasteiger partial charge in [0.05, 0.1) is 5.56 Å². The van der Waals surface area contributed by atoms with E-state index in [1.165, 1.54) is 0 Å². The Hall–Kier alpha value is -0.970. The van der Waals surface area contributed by atoms with E-state index in [1.807, 2.05) is 0 Å². The summed E-state index contributed by atoms with van der Waals surface area (Å²) in [6.07, 6.45) is -0.251. The van der Waals surface area contributed by atoms with Crippen molar-refractivity contribution < 1.29 is 13.2 Å². The van der Waals surface area contributed by atoms with Crippen molar-refractivity contribution >= 4 is 17.4 Å². The minimum Gasteiger partial charge on any atom is -0.367 e. The quantitative estimate of drug-likeness (QED) is 0.813. The van der Waals surface area contributed by atoms with Gasteiger partial charge in [0.2, 0.25) is 0 Å². The van der Waals surface area contributed by atoms with Gasteiger partial charge >= 0.3 is 6.18 Å². The molecule has 1 N–H and O–H groups in total. The van der Waals surface area contributed by atoms with Crippen LogP contribution in [0.5, 0.6) is 0 Å². The van der Waals surface area contributed by atoms with Gasteiger partial charge in [0.25, 0.3) is 0 Å². The predicted octanol–water partition coefficient (Wildman–Crippen LogP) is 4.11. The highest BCUT2D eigenvalue weighted by molar-refractivity contribution is 6.29. The molecule has 0 bridgehead atoms. The Labute approximate surface area is 102 Å². The van der Waals surface area contributed by atoms with Crippen LogP contribution in [-0.4, -0.2) is 11.0 Å². The first-order chi connectivity index (χ1) is 7.95. The standard InChI is InChI=1S/C11H12ClF3N2/c12-9-5-7(11(13,14)15)6-10(17-9)16-8-3-1-2-4-8/h5-6,8H,1-4H2,(H,16,17). The molecule has 2 rings (SSSR count). The zero-order chi connectivity index (χ0) is 12.5. The molecule has 1 saturated carbocycles. The number of alkyl halides is 3. The summed E-state index contributed by atoms with van der Waals surface area (Å²) in [5, 5.41) is 2.86. The van der Waals surface area contributed by atoms with Crippen LogP contribution in [0.1, 0.15) is 31.2 Å². The van der Waals surface area contributed by atoms with E-state index in [0.29, 0.717) is 0 Å². The molecule has 1 aliphatic rings. The van der Waals surface area contributed by atoms with Gasteiger partial charge in [0.15, 0.2) is 0 Å². The van der Waals surface area contributed by atoms with Crippen LogP contribution < -0.4 is 5.32 Å². The molecule has 0 saturated heterocycles. The highest BCUT2D eigenvalue weighted by atomic mass is 35.5. The number of rotatable bonds is 2. The number of nitrogens with zero attached hydrogens (tertiary/aromatic N) is 1. The molecule has 0 atom stereocenters. The molecule has 1 fully saturated rings. The fourth-order valence-corrected chi connectivity index (χ4v) is 2.22. The van der Waals surface area contributed by atoms with Crippen LogP contribution in [0, 0.1) is 0 Å². The summed E-state index contributed by atoms with van der Waals surface area (Å²) < 4.78 is 37.6. The predicted molar refractivity (Wildman–Crippen MR) is 60.1 cm³/mol. The average Bonchev–Trinajstić information content (AvgIpc) is 2.68. The molecule has 0 aromatic carbocycles. The number of halogens is 4. The molecule has 2 nitrogen and oxygen atoms in total. The third kappa shape index (κ3) is 3.25. The van der Waals surface area contributed by atoms with E-state index >= 15 is 0 Å². The third-order valence-electron chi connectivity index (χ3n) is 2.83. The minimum absolute atomic E-state index is 0.139. The van der Waals surface area contributed by atoms with E-state index in [0.717, 1.165) is 37.8 Å². The molecule has 1 heterocycles. The molecule has 0 spiro atoms. The molecular weight excluding hydrogens is 253 g/mol. The second kappa shape index (κ2) is 4.72. The first kappa shape index (κ1) is 12.5. The molecule has 0 unspecified atom stereocenters. The maximum absolute atomic E-state index is 12.5. The van der Waals surface area contributed by atoms with Gasteiger partial charge in [-0.15, -0.1) is 0 Å². The molecule has 1 aliphatic carbocycles. The number of hydrogen-bond donors (Lipinski definition) is 1. The summed E-state index contributed by atoms with van der Waals surface area (Å²) in [5.74, 6) is 0.205. The van der Waals surface area contributed by atoms with Crippen molar-refractivity contribution in [2.75, 3.05) is 5.32 Å². The van der Waals surface area contributed by atoms with E-state index in [-0.39, 0.29) is 17.0 Å². The Morgan fingerprint density at radius 3 is 2.47 bits per heavy atom. The lowest BCUT2D eigenvalue weighted by Crippen LogP contribution is -2.16. The van der Waals surface area contributed by atoms with Gasteiger partial charge in [-0.25, -0.2) is 4.98 Å². The molecule has 94 valence electrons. The summed E-state index contributed by atoms with van der Waals surface area (Å²) in [6, 6.07) is 2.05. The van der Waals surface area contributed by atoms with E-state index < -0.39 is 11.7 Å². The number of pyridine rings is 1. The Bertz CT molecular complexity index is 400. The maximum atomic E-state index is 12.5.